The number of rotatable bonds is 4. The van der Waals surface area contributed by atoms with Crippen molar-refractivity contribution in [3.8, 4) is 5.69 Å². The zero-order valence-electron chi connectivity index (χ0n) is 13.4. The van der Waals surface area contributed by atoms with Crippen LogP contribution in [0.4, 0.5) is 0 Å². The van der Waals surface area contributed by atoms with Gasteiger partial charge in [0.05, 0.1) is 11.9 Å². The lowest BCUT2D eigenvalue weighted by atomic mass is 10.1. The molecule has 128 valence electrons. The number of carbonyl (C=O) groups is 1. The summed E-state index contributed by atoms with van der Waals surface area (Å²) in [6.07, 6.45) is 6.01. The Bertz CT molecular complexity index is 792. The van der Waals surface area contributed by atoms with Crippen molar-refractivity contribution in [2.24, 2.45) is 0 Å². The highest BCUT2D eigenvalue weighted by molar-refractivity contribution is 7.88. The van der Waals surface area contributed by atoms with Crippen LogP contribution in [0.15, 0.2) is 42.7 Å². The van der Waals surface area contributed by atoms with E-state index in [1.165, 1.54) is 10.6 Å². The van der Waals surface area contributed by atoms with Crippen LogP contribution >= 0.6 is 0 Å². The van der Waals surface area contributed by atoms with Gasteiger partial charge in [0.1, 0.15) is 0 Å². The number of aromatic nitrogens is 2. The predicted octanol–water partition coefficient (Wildman–Crippen LogP) is 1.03. The van der Waals surface area contributed by atoms with Gasteiger partial charge in [0.15, 0.2) is 0 Å². The van der Waals surface area contributed by atoms with Gasteiger partial charge in [0.2, 0.25) is 10.0 Å². The van der Waals surface area contributed by atoms with Crippen molar-refractivity contribution in [3.05, 3.63) is 48.3 Å². The number of benzene rings is 1. The number of nitrogens with zero attached hydrogens (tertiary/aromatic N) is 3. The minimum absolute atomic E-state index is 0.00120. The lowest BCUT2D eigenvalue weighted by Crippen LogP contribution is -2.46. The second kappa shape index (κ2) is 6.74. The molecule has 0 bridgehead atoms. The second-order valence-corrected chi connectivity index (χ2v) is 7.89. The number of amides is 1. The normalized spacial score (nSPS) is 16.9. The first kappa shape index (κ1) is 16.7. The first-order chi connectivity index (χ1) is 11.4. The maximum absolute atomic E-state index is 12.3. The Labute approximate surface area is 141 Å². The largest absolute Gasteiger partial charge is 0.349 e. The van der Waals surface area contributed by atoms with Gasteiger partial charge in [-0.25, -0.2) is 17.4 Å². The number of nitrogens with one attached hydrogen (secondary N) is 1. The van der Waals surface area contributed by atoms with Crippen molar-refractivity contribution in [2.45, 2.75) is 18.9 Å². The summed E-state index contributed by atoms with van der Waals surface area (Å²) in [5.74, 6) is -0.139. The smallest absolute Gasteiger partial charge is 0.251 e. The van der Waals surface area contributed by atoms with Gasteiger partial charge in [-0.15, -0.1) is 0 Å². The lowest BCUT2D eigenvalue weighted by Gasteiger charge is -2.30. The van der Waals surface area contributed by atoms with Crippen molar-refractivity contribution in [2.75, 3.05) is 19.3 Å². The molecule has 1 fully saturated rings. The quantitative estimate of drug-likeness (QED) is 0.894. The van der Waals surface area contributed by atoms with Crippen LogP contribution < -0.4 is 5.32 Å². The fourth-order valence-corrected chi connectivity index (χ4v) is 3.66. The van der Waals surface area contributed by atoms with E-state index in [2.05, 4.69) is 10.4 Å². The molecule has 1 amide bonds. The minimum atomic E-state index is -3.14. The standard InChI is InChI=1S/C16H20N4O3S/c1-24(22,23)19-11-7-14(8-12-19)18-16(21)13-3-5-15(6-4-13)20-10-2-9-17-20/h2-6,9-10,14H,7-8,11-12H2,1H3,(H,18,21). The average Bonchev–Trinajstić information content (AvgIpc) is 3.09. The van der Waals surface area contributed by atoms with Gasteiger partial charge in [0, 0.05) is 37.1 Å². The highest BCUT2D eigenvalue weighted by Gasteiger charge is 2.25. The zero-order valence-corrected chi connectivity index (χ0v) is 14.2. The van der Waals surface area contributed by atoms with Gasteiger partial charge in [-0.2, -0.15) is 5.10 Å². The van der Waals surface area contributed by atoms with E-state index in [0.717, 1.165) is 5.69 Å². The van der Waals surface area contributed by atoms with E-state index in [0.29, 0.717) is 31.5 Å². The van der Waals surface area contributed by atoms with Crippen LogP contribution in [0.1, 0.15) is 23.2 Å². The third-order valence-corrected chi connectivity index (χ3v) is 5.46. The van der Waals surface area contributed by atoms with Crippen molar-refractivity contribution in [3.63, 3.8) is 0 Å². The summed E-state index contributed by atoms with van der Waals surface area (Å²) in [5.41, 5.74) is 1.47. The van der Waals surface area contributed by atoms with Crippen LogP contribution in [0.5, 0.6) is 0 Å². The topological polar surface area (TPSA) is 84.3 Å². The molecule has 7 nitrogen and oxygen atoms in total. The lowest BCUT2D eigenvalue weighted by molar-refractivity contribution is 0.0924. The molecule has 0 aliphatic carbocycles. The fraction of sp³-hybridized carbons (Fsp3) is 0.375. The Hall–Kier alpha value is -2.19. The van der Waals surface area contributed by atoms with Gasteiger partial charge in [0.25, 0.3) is 5.91 Å². The molecule has 1 aliphatic rings. The summed E-state index contributed by atoms with van der Waals surface area (Å²) in [5, 5.41) is 7.12. The third-order valence-electron chi connectivity index (χ3n) is 4.16. The molecule has 1 aromatic heterocycles. The highest BCUT2D eigenvalue weighted by Crippen LogP contribution is 2.14. The number of sulfonamides is 1. The molecule has 1 saturated heterocycles. The number of piperidine rings is 1. The van der Waals surface area contributed by atoms with Crippen LogP contribution in [0.2, 0.25) is 0 Å². The molecular formula is C16H20N4O3S. The van der Waals surface area contributed by atoms with E-state index in [1.54, 1.807) is 23.0 Å². The molecule has 1 aliphatic heterocycles. The van der Waals surface area contributed by atoms with E-state index in [4.69, 9.17) is 0 Å². The summed E-state index contributed by atoms with van der Waals surface area (Å²) >= 11 is 0. The Morgan fingerprint density at radius 3 is 2.42 bits per heavy atom. The van der Waals surface area contributed by atoms with Gasteiger partial charge in [-0.3, -0.25) is 4.79 Å². The van der Waals surface area contributed by atoms with Crippen LogP contribution in [0.3, 0.4) is 0 Å². The van der Waals surface area contributed by atoms with Crippen molar-refractivity contribution < 1.29 is 13.2 Å². The SMILES string of the molecule is CS(=O)(=O)N1CCC(NC(=O)c2ccc(-n3cccn3)cc2)CC1. The van der Waals surface area contributed by atoms with E-state index in [-0.39, 0.29) is 11.9 Å². The van der Waals surface area contributed by atoms with E-state index in [9.17, 15) is 13.2 Å². The first-order valence-corrected chi connectivity index (χ1v) is 9.64. The third kappa shape index (κ3) is 3.82. The molecule has 1 N–H and O–H groups in total. The second-order valence-electron chi connectivity index (χ2n) is 5.91. The predicted molar refractivity (Wildman–Crippen MR) is 90.5 cm³/mol. The van der Waals surface area contributed by atoms with Crippen LogP contribution in [-0.2, 0) is 10.0 Å². The maximum Gasteiger partial charge on any atom is 0.251 e. The first-order valence-electron chi connectivity index (χ1n) is 7.79. The molecule has 2 aromatic rings. The number of hydrogen-bond donors (Lipinski definition) is 1. The molecule has 24 heavy (non-hydrogen) atoms. The van der Waals surface area contributed by atoms with Crippen LogP contribution in [-0.4, -0.2) is 53.8 Å². The van der Waals surface area contributed by atoms with Gasteiger partial charge in [-0.1, -0.05) is 0 Å². The van der Waals surface area contributed by atoms with Gasteiger partial charge >= 0.3 is 0 Å². The van der Waals surface area contributed by atoms with E-state index >= 15 is 0 Å². The maximum atomic E-state index is 12.3. The van der Waals surface area contributed by atoms with Gasteiger partial charge < -0.3 is 5.32 Å². The zero-order chi connectivity index (χ0) is 17.2. The number of hydrogen-bond acceptors (Lipinski definition) is 4. The molecule has 1 aromatic carbocycles. The molecule has 0 radical (unpaired) electrons. The molecule has 0 spiro atoms. The summed E-state index contributed by atoms with van der Waals surface area (Å²) in [7, 11) is -3.14. The molecule has 0 saturated carbocycles. The summed E-state index contributed by atoms with van der Waals surface area (Å²) in [4.78, 5) is 12.3. The van der Waals surface area contributed by atoms with E-state index in [1.807, 2.05) is 24.4 Å². The van der Waals surface area contributed by atoms with E-state index < -0.39 is 10.0 Å². The Kier molecular flexibility index (Phi) is 4.68. The molecule has 0 atom stereocenters. The molecule has 0 unspecified atom stereocenters. The van der Waals surface area contributed by atoms with Crippen molar-refractivity contribution in [1.82, 2.24) is 19.4 Å². The molecule has 3 rings (SSSR count). The summed E-state index contributed by atoms with van der Waals surface area (Å²) in [6, 6.07) is 9.04. The summed E-state index contributed by atoms with van der Waals surface area (Å²) < 4.78 is 26.2. The fourth-order valence-electron chi connectivity index (χ4n) is 2.79. The Morgan fingerprint density at radius 2 is 1.88 bits per heavy atom. The molecule has 8 heteroatoms. The molecule has 2 heterocycles. The minimum Gasteiger partial charge on any atom is -0.349 e. The Morgan fingerprint density at radius 1 is 1.21 bits per heavy atom. The Balaban J connectivity index is 1.58. The molecular weight excluding hydrogens is 328 g/mol. The van der Waals surface area contributed by atoms with Crippen molar-refractivity contribution in [1.29, 1.82) is 0 Å². The van der Waals surface area contributed by atoms with Crippen molar-refractivity contribution >= 4 is 15.9 Å². The highest BCUT2D eigenvalue weighted by atomic mass is 32.2. The van der Waals surface area contributed by atoms with Crippen LogP contribution in [0, 0.1) is 0 Å². The monoisotopic (exact) mass is 348 g/mol. The van der Waals surface area contributed by atoms with Crippen LogP contribution in [0.25, 0.3) is 5.69 Å². The number of carbonyl (C=O) groups excluding carboxylic acids is 1. The average molecular weight is 348 g/mol. The van der Waals surface area contributed by atoms with Gasteiger partial charge in [-0.05, 0) is 43.2 Å². The summed E-state index contributed by atoms with van der Waals surface area (Å²) in [6.45, 7) is 0.893.